The van der Waals surface area contributed by atoms with Gasteiger partial charge < -0.3 is 15.8 Å². The maximum atomic E-state index is 11.4. The minimum absolute atomic E-state index is 0. The molecule has 0 radical (unpaired) electrons. The number of halogens is 1. The summed E-state index contributed by atoms with van der Waals surface area (Å²) in [6, 6.07) is 9.94. The highest BCUT2D eigenvalue weighted by Gasteiger charge is 2.08. The van der Waals surface area contributed by atoms with E-state index in [0.717, 1.165) is 5.56 Å². The Balaban J connectivity index is 0.00000289. The molecular formula is C13H21ClN2O2. The van der Waals surface area contributed by atoms with Crippen LogP contribution in [0.3, 0.4) is 0 Å². The molecule has 0 aliphatic heterocycles. The Kier molecular flexibility index (Phi) is 9.28. The smallest absolute Gasteiger partial charge is 0.224 e. The van der Waals surface area contributed by atoms with Crippen LogP contribution in [0, 0.1) is 5.92 Å². The van der Waals surface area contributed by atoms with Gasteiger partial charge in [-0.15, -0.1) is 12.4 Å². The van der Waals surface area contributed by atoms with Gasteiger partial charge in [-0.05, 0) is 5.56 Å². The first-order valence-electron chi connectivity index (χ1n) is 5.83. The summed E-state index contributed by atoms with van der Waals surface area (Å²) < 4.78 is 5.44. The molecule has 1 aromatic rings. The number of hydrogen-bond donors (Lipinski definition) is 2. The molecule has 0 heterocycles. The van der Waals surface area contributed by atoms with Crippen molar-refractivity contribution in [3.63, 3.8) is 0 Å². The summed E-state index contributed by atoms with van der Waals surface area (Å²) in [5.74, 6) is -0.153. The van der Waals surface area contributed by atoms with Gasteiger partial charge in [0.15, 0.2) is 0 Å². The molecule has 18 heavy (non-hydrogen) atoms. The molecule has 1 unspecified atom stereocenters. The second-order valence-corrected chi connectivity index (χ2v) is 3.97. The van der Waals surface area contributed by atoms with Crippen LogP contribution in [0.2, 0.25) is 0 Å². The van der Waals surface area contributed by atoms with Gasteiger partial charge in [-0.3, -0.25) is 4.79 Å². The molecule has 1 amide bonds. The molecule has 1 aromatic carbocycles. The first-order valence-corrected chi connectivity index (χ1v) is 5.83. The lowest BCUT2D eigenvalue weighted by Crippen LogP contribution is -2.35. The predicted molar refractivity (Wildman–Crippen MR) is 74.6 cm³/mol. The normalized spacial score (nSPS) is 11.4. The fraction of sp³-hybridized carbons (Fsp3) is 0.462. The van der Waals surface area contributed by atoms with E-state index >= 15 is 0 Å². The minimum Gasteiger partial charge on any atom is -0.375 e. The van der Waals surface area contributed by atoms with Crippen LogP contribution in [-0.2, 0) is 16.1 Å². The minimum atomic E-state index is -0.135. The van der Waals surface area contributed by atoms with Gasteiger partial charge in [0.2, 0.25) is 5.91 Å². The van der Waals surface area contributed by atoms with Crippen molar-refractivity contribution in [3.05, 3.63) is 35.9 Å². The number of hydrogen-bond acceptors (Lipinski definition) is 3. The van der Waals surface area contributed by atoms with Crippen LogP contribution in [-0.4, -0.2) is 25.6 Å². The van der Waals surface area contributed by atoms with E-state index in [1.54, 1.807) is 6.92 Å². The number of amides is 1. The fourth-order valence-corrected chi connectivity index (χ4v) is 1.29. The fourth-order valence-electron chi connectivity index (χ4n) is 1.29. The molecule has 0 spiro atoms. The van der Waals surface area contributed by atoms with Crippen LogP contribution < -0.4 is 11.1 Å². The third-order valence-electron chi connectivity index (χ3n) is 2.46. The van der Waals surface area contributed by atoms with Crippen LogP contribution in [0.1, 0.15) is 12.5 Å². The molecule has 0 bridgehead atoms. The van der Waals surface area contributed by atoms with E-state index in [-0.39, 0.29) is 24.2 Å². The van der Waals surface area contributed by atoms with E-state index in [4.69, 9.17) is 10.5 Å². The number of nitrogens with one attached hydrogen (secondary N) is 1. The average molecular weight is 273 g/mol. The van der Waals surface area contributed by atoms with Gasteiger partial charge in [-0.2, -0.15) is 0 Å². The highest BCUT2D eigenvalue weighted by Crippen LogP contribution is 1.99. The van der Waals surface area contributed by atoms with E-state index in [1.165, 1.54) is 0 Å². The van der Waals surface area contributed by atoms with Gasteiger partial charge in [-0.25, -0.2) is 0 Å². The quantitative estimate of drug-likeness (QED) is 0.736. The predicted octanol–water partition coefficient (Wildman–Crippen LogP) is 1.34. The second kappa shape index (κ2) is 9.88. The van der Waals surface area contributed by atoms with Gasteiger partial charge in [0.1, 0.15) is 0 Å². The summed E-state index contributed by atoms with van der Waals surface area (Å²) in [5, 5.41) is 2.78. The molecule has 0 aliphatic rings. The van der Waals surface area contributed by atoms with Crippen molar-refractivity contribution in [3.8, 4) is 0 Å². The molecular weight excluding hydrogens is 252 g/mol. The van der Waals surface area contributed by atoms with E-state index in [1.807, 2.05) is 30.3 Å². The van der Waals surface area contributed by atoms with Gasteiger partial charge in [0.25, 0.3) is 0 Å². The monoisotopic (exact) mass is 272 g/mol. The summed E-state index contributed by atoms with van der Waals surface area (Å²) in [5.41, 5.74) is 6.52. The molecule has 0 saturated heterocycles. The zero-order valence-electron chi connectivity index (χ0n) is 10.6. The van der Waals surface area contributed by atoms with E-state index in [0.29, 0.717) is 26.3 Å². The Bertz CT molecular complexity index is 333. The first-order chi connectivity index (χ1) is 8.24. The summed E-state index contributed by atoms with van der Waals surface area (Å²) in [4.78, 5) is 11.4. The summed E-state index contributed by atoms with van der Waals surface area (Å²) in [6.07, 6.45) is 0. The van der Waals surface area contributed by atoms with Crippen molar-refractivity contribution in [2.45, 2.75) is 13.5 Å². The van der Waals surface area contributed by atoms with Crippen molar-refractivity contribution < 1.29 is 9.53 Å². The molecule has 0 aromatic heterocycles. The third kappa shape index (κ3) is 6.59. The number of benzene rings is 1. The third-order valence-corrected chi connectivity index (χ3v) is 2.46. The zero-order chi connectivity index (χ0) is 12.5. The Morgan fingerprint density at radius 3 is 2.67 bits per heavy atom. The molecule has 1 rings (SSSR count). The highest BCUT2D eigenvalue weighted by atomic mass is 35.5. The van der Waals surface area contributed by atoms with E-state index in [2.05, 4.69) is 5.32 Å². The number of nitrogens with two attached hydrogens (primary N) is 1. The lowest BCUT2D eigenvalue weighted by atomic mass is 10.2. The molecule has 102 valence electrons. The van der Waals surface area contributed by atoms with Crippen molar-refractivity contribution in [1.29, 1.82) is 0 Å². The number of ether oxygens (including phenoxy) is 1. The Morgan fingerprint density at radius 1 is 1.39 bits per heavy atom. The van der Waals surface area contributed by atoms with Gasteiger partial charge in [0, 0.05) is 19.0 Å². The van der Waals surface area contributed by atoms with Gasteiger partial charge >= 0.3 is 0 Å². The molecule has 0 fully saturated rings. The Morgan fingerprint density at radius 2 is 2.06 bits per heavy atom. The van der Waals surface area contributed by atoms with Crippen molar-refractivity contribution in [2.75, 3.05) is 19.7 Å². The topological polar surface area (TPSA) is 64.4 Å². The SMILES string of the molecule is CC(CN)C(=O)NCCOCc1ccccc1.Cl. The molecule has 5 heteroatoms. The first kappa shape index (κ1) is 16.9. The van der Waals surface area contributed by atoms with Crippen molar-refractivity contribution >= 4 is 18.3 Å². The Labute approximate surface area is 114 Å². The molecule has 1 atom stereocenters. The lowest BCUT2D eigenvalue weighted by Gasteiger charge is -2.10. The van der Waals surface area contributed by atoms with Crippen LogP contribution in [0.15, 0.2) is 30.3 Å². The number of carbonyl (C=O) groups is 1. The van der Waals surface area contributed by atoms with E-state index < -0.39 is 0 Å². The van der Waals surface area contributed by atoms with E-state index in [9.17, 15) is 4.79 Å². The highest BCUT2D eigenvalue weighted by molar-refractivity contribution is 5.85. The summed E-state index contributed by atoms with van der Waals surface area (Å²) >= 11 is 0. The lowest BCUT2D eigenvalue weighted by molar-refractivity contribution is -0.124. The number of carbonyl (C=O) groups excluding carboxylic acids is 1. The average Bonchev–Trinajstić information content (AvgIpc) is 2.38. The summed E-state index contributed by atoms with van der Waals surface area (Å²) in [6.45, 7) is 3.79. The molecule has 0 saturated carbocycles. The molecule has 3 N–H and O–H groups in total. The number of rotatable bonds is 7. The maximum Gasteiger partial charge on any atom is 0.224 e. The maximum absolute atomic E-state index is 11.4. The van der Waals surface area contributed by atoms with Crippen molar-refractivity contribution in [2.24, 2.45) is 11.7 Å². The van der Waals surface area contributed by atoms with Crippen LogP contribution >= 0.6 is 12.4 Å². The van der Waals surface area contributed by atoms with Crippen molar-refractivity contribution in [1.82, 2.24) is 5.32 Å². The molecule has 4 nitrogen and oxygen atoms in total. The molecule has 0 aliphatic carbocycles. The Hall–Kier alpha value is -1.10. The second-order valence-electron chi connectivity index (χ2n) is 3.97. The van der Waals surface area contributed by atoms with Gasteiger partial charge in [-0.1, -0.05) is 37.3 Å². The largest absolute Gasteiger partial charge is 0.375 e. The van der Waals surface area contributed by atoms with Gasteiger partial charge in [0.05, 0.1) is 13.2 Å². The van der Waals surface area contributed by atoms with Crippen LogP contribution in [0.25, 0.3) is 0 Å². The standard InChI is InChI=1S/C13H20N2O2.ClH/c1-11(9-14)13(16)15-7-8-17-10-12-5-3-2-4-6-12;/h2-6,11H,7-10,14H2,1H3,(H,15,16);1H. The zero-order valence-corrected chi connectivity index (χ0v) is 11.4. The van der Waals surface area contributed by atoms with Crippen LogP contribution in [0.4, 0.5) is 0 Å². The van der Waals surface area contributed by atoms with Crippen LogP contribution in [0.5, 0.6) is 0 Å². The summed E-state index contributed by atoms with van der Waals surface area (Å²) in [7, 11) is 0.